The van der Waals surface area contributed by atoms with E-state index in [-0.39, 0.29) is 6.79 Å². The molecular formula is C28H21N2O2. The molecule has 2 aliphatic heterocycles. The highest BCUT2D eigenvalue weighted by molar-refractivity contribution is 5.99. The quantitative estimate of drug-likeness (QED) is 0.378. The number of nitrogens with one attached hydrogen (secondary N) is 1. The Labute approximate surface area is 186 Å². The number of hydrogen-bond acceptors (Lipinski definition) is 3. The first-order chi connectivity index (χ1) is 15.8. The highest BCUT2D eigenvalue weighted by Crippen LogP contribution is 2.40. The Hall–Kier alpha value is -3.92. The van der Waals surface area contributed by atoms with Gasteiger partial charge in [0.1, 0.15) is 0 Å². The van der Waals surface area contributed by atoms with Crippen LogP contribution in [0, 0.1) is 6.07 Å². The Balaban J connectivity index is 1.34. The molecule has 0 amide bonds. The Morgan fingerprint density at radius 3 is 2.66 bits per heavy atom. The summed E-state index contributed by atoms with van der Waals surface area (Å²) in [6.07, 6.45) is 1.03. The monoisotopic (exact) mass is 417 g/mol. The Morgan fingerprint density at radius 2 is 1.69 bits per heavy atom. The molecule has 4 aromatic carbocycles. The van der Waals surface area contributed by atoms with E-state index in [0.717, 1.165) is 47.8 Å². The Kier molecular flexibility index (Phi) is 3.76. The predicted octanol–water partition coefficient (Wildman–Crippen LogP) is 6.08. The van der Waals surface area contributed by atoms with Crippen LogP contribution in [0.4, 0.5) is 5.69 Å². The minimum atomic E-state index is 0.282. The fraction of sp³-hybridized carbons (Fsp3) is 0.143. The van der Waals surface area contributed by atoms with Crippen molar-refractivity contribution in [2.24, 2.45) is 0 Å². The summed E-state index contributed by atoms with van der Waals surface area (Å²) in [6.45, 7) is 2.12. The Bertz CT molecular complexity index is 1500. The van der Waals surface area contributed by atoms with Gasteiger partial charge in [-0.25, -0.2) is 0 Å². The van der Waals surface area contributed by atoms with Crippen molar-refractivity contribution in [2.45, 2.75) is 13.0 Å². The van der Waals surface area contributed by atoms with Crippen molar-refractivity contribution in [1.29, 1.82) is 0 Å². The molecule has 2 aliphatic rings. The molecule has 0 atom stereocenters. The predicted molar refractivity (Wildman–Crippen MR) is 127 cm³/mol. The molecular weight excluding hydrogens is 396 g/mol. The van der Waals surface area contributed by atoms with Crippen LogP contribution in [0.2, 0.25) is 0 Å². The lowest BCUT2D eigenvalue weighted by Gasteiger charge is -2.29. The van der Waals surface area contributed by atoms with E-state index in [1.165, 1.54) is 32.9 Å². The summed E-state index contributed by atoms with van der Waals surface area (Å²) in [6, 6.07) is 29.3. The minimum absolute atomic E-state index is 0.282. The molecule has 1 radical (unpaired) electrons. The van der Waals surface area contributed by atoms with Gasteiger partial charge in [-0.05, 0) is 58.1 Å². The smallest absolute Gasteiger partial charge is 0.231 e. The number of benzene rings is 4. The fourth-order valence-electron chi connectivity index (χ4n) is 5.08. The van der Waals surface area contributed by atoms with Gasteiger partial charge in [-0.1, -0.05) is 48.5 Å². The first-order valence-electron chi connectivity index (χ1n) is 11.0. The molecule has 32 heavy (non-hydrogen) atoms. The lowest BCUT2D eigenvalue weighted by atomic mass is 9.96. The van der Waals surface area contributed by atoms with Crippen LogP contribution in [-0.2, 0) is 13.0 Å². The van der Waals surface area contributed by atoms with Gasteiger partial charge < -0.3 is 19.4 Å². The number of ether oxygens (including phenoxy) is 2. The van der Waals surface area contributed by atoms with Gasteiger partial charge in [0.05, 0.1) is 6.54 Å². The van der Waals surface area contributed by atoms with Crippen molar-refractivity contribution >= 4 is 27.4 Å². The van der Waals surface area contributed by atoms with Crippen molar-refractivity contribution in [3.05, 3.63) is 90.1 Å². The van der Waals surface area contributed by atoms with Crippen molar-refractivity contribution in [2.75, 3.05) is 18.2 Å². The van der Waals surface area contributed by atoms with E-state index < -0.39 is 0 Å². The highest BCUT2D eigenvalue weighted by atomic mass is 16.7. The van der Waals surface area contributed by atoms with E-state index in [1.807, 2.05) is 6.07 Å². The van der Waals surface area contributed by atoms with Crippen LogP contribution in [-0.4, -0.2) is 18.3 Å². The minimum Gasteiger partial charge on any atom is -0.454 e. The second-order valence-electron chi connectivity index (χ2n) is 8.48. The summed E-state index contributed by atoms with van der Waals surface area (Å²) in [5, 5.41) is 3.76. The molecule has 0 saturated heterocycles. The molecule has 4 nitrogen and oxygen atoms in total. The fourth-order valence-corrected chi connectivity index (χ4v) is 5.08. The standard InChI is InChI=1S/C28H21N2O2/c1-2-6-21-18(5-1)13-20(15-24(21)19-9-10-27-28(14-19)32-17-31-27)30-12-11-23-22-7-3-4-8-25(22)29-26(23)16-30/h1-10,13-14,29H,11-12,16-17H2. The third-order valence-corrected chi connectivity index (χ3v) is 6.66. The number of anilines is 1. The molecule has 3 heterocycles. The van der Waals surface area contributed by atoms with E-state index in [4.69, 9.17) is 9.47 Å². The summed E-state index contributed by atoms with van der Waals surface area (Å²) in [4.78, 5) is 6.07. The van der Waals surface area contributed by atoms with Crippen LogP contribution in [0.1, 0.15) is 11.3 Å². The van der Waals surface area contributed by atoms with E-state index in [2.05, 4.69) is 82.7 Å². The molecule has 0 bridgehead atoms. The largest absolute Gasteiger partial charge is 0.454 e. The average Bonchev–Trinajstić information content (AvgIpc) is 3.46. The van der Waals surface area contributed by atoms with Gasteiger partial charge in [-0.15, -0.1) is 0 Å². The average molecular weight is 417 g/mol. The number of para-hydroxylation sites is 1. The zero-order valence-corrected chi connectivity index (χ0v) is 17.5. The molecule has 0 spiro atoms. The van der Waals surface area contributed by atoms with E-state index >= 15 is 0 Å². The molecule has 0 fully saturated rings. The molecule has 155 valence electrons. The van der Waals surface area contributed by atoms with Gasteiger partial charge in [0, 0.05) is 34.9 Å². The molecule has 5 aromatic rings. The molecule has 0 aliphatic carbocycles. The molecule has 4 heteroatoms. The first-order valence-corrected chi connectivity index (χ1v) is 11.0. The van der Waals surface area contributed by atoms with Gasteiger partial charge in [0.25, 0.3) is 0 Å². The van der Waals surface area contributed by atoms with Crippen LogP contribution in [0.5, 0.6) is 11.5 Å². The maximum atomic E-state index is 5.64. The molecule has 7 rings (SSSR count). The maximum Gasteiger partial charge on any atom is 0.231 e. The van der Waals surface area contributed by atoms with Crippen LogP contribution < -0.4 is 14.4 Å². The molecule has 0 unspecified atom stereocenters. The summed E-state index contributed by atoms with van der Waals surface area (Å²) in [5.74, 6) is 1.60. The third-order valence-electron chi connectivity index (χ3n) is 6.66. The van der Waals surface area contributed by atoms with Gasteiger partial charge >= 0.3 is 0 Å². The number of hydrogen-bond donors (Lipinski definition) is 1. The molecule has 1 aromatic heterocycles. The normalized spacial score (nSPS) is 14.8. The number of aromatic amines is 1. The zero-order valence-electron chi connectivity index (χ0n) is 17.5. The highest BCUT2D eigenvalue weighted by Gasteiger charge is 2.22. The third kappa shape index (κ3) is 2.69. The summed E-state index contributed by atoms with van der Waals surface area (Å²) >= 11 is 0. The second-order valence-corrected chi connectivity index (χ2v) is 8.48. The van der Waals surface area contributed by atoms with Crippen LogP contribution in [0.3, 0.4) is 0 Å². The van der Waals surface area contributed by atoms with Crippen LogP contribution in [0.25, 0.3) is 32.8 Å². The van der Waals surface area contributed by atoms with Gasteiger partial charge in [0.15, 0.2) is 11.5 Å². The van der Waals surface area contributed by atoms with Crippen molar-refractivity contribution in [3.8, 4) is 22.6 Å². The summed E-state index contributed by atoms with van der Waals surface area (Å²) < 4.78 is 11.1. The van der Waals surface area contributed by atoms with Crippen LogP contribution in [0.15, 0.2) is 72.8 Å². The number of H-pyrrole nitrogens is 1. The molecule has 1 N–H and O–H groups in total. The van der Waals surface area contributed by atoms with Crippen molar-refractivity contribution in [1.82, 2.24) is 4.98 Å². The van der Waals surface area contributed by atoms with E-state index in [9.17, 15) is 0 Å². The SMILES string of the molecule is [c]1c(N2CCc3c([nH]c4ccccc34)C2)cc2ccccc2c1-c1ccc2c(c1)OCO2. The van der Waals surface area contributed by atoms with E-state index in [0.29, 0.717) is 0 Å². The second kappa shape index (κ2) is 6.79. The van der Waals surface area contributed by atoms with Gasteiger partial charge in [-0.3, -0.25) is 0 Å². The number of nitrogens with zero attached hydrogens (tertiary/aromatic N) is 1. The Morgan fingerprint density at radius 1 is 0.844 bits per heavy atom. The maximum absolute atomic E-state index is 5.64. The van der Waals surface area contributed by atoms with Gasteiger partial charge in [-0.2, -0.15) is 0 Å². The number of fused-ring (bicyclic) bond motifs is 5. The lowest BCUT2D eigenvalue weighted by molar-refractivity contribution is 0.174. The van der Waals surface area contributed by atoms with Crippen molar-refractivity contribution in [3.63, 3.8) is 0 Å². The van der Waals surface area contributed by atoms with E-state index in [1.54, 1.807) is 0 Å². The summed E-state index contributed by atoms with van der Waals surface area (Å²) in [7, 11) is 0. The lowest BCUT2D eigenvalue weighted by Crippen LogP contribution is -2.30. The van der Waals surface area contributed by atoms with Crippen LogP contribution >= 0.6 is 0 Å². The topological polar surface area (TPSA) is 37.5 Å². The summed E-state index contributed by atoms with van der Waals surface area (Å²) in [5.41, 5.74) is 7.30. The molecule has 0 saturated carbocycles. The first kappa shape index (κ1) is 17.7. The van der Waals surface area contributed by atoms with Crippen molar-refractivity contribution < 1.29 is 9.47 Å². The zero-order chi connectivity index (χ0) is 21.1. The number of aromatic nitrogens is 1. The van der Waals surface area contributed by atoms with Gasteiger partial charge in [0.2, 0.25) is 6.79 Å². The number of rotatable bonds is 2.